The minimum Gasteiger partial charge on any atom is -0.294 e. The van der Waals surface area contributed by atoms with Gasteiger partial charge in [-0.05, 0) is 24.3 Å². The maximum absolute atomic E-state index is 12.1. The summed E-state index contributed by atoms with van der Waals surface area (Å²) in [4.78, 5) is 12.1. The summed E-state index contributed by atoms with van der Waals surface area (Å²) in [6.07, 6.45) is 7.14. The Morgan fingerprint density at radius 3 is 2.64 bits per heavy atom. The number of hydrogen-bond donors (Lipinski definition) is 0. The molecule has 0 spiro atoms. The average molecular weight is 190 g/mol. The van der Waals surface area contributed by atoms with Crippen molar-refractivity contribution in [3.8, 4) is 0 Å². The van der Waals surface area contributed by atoms with Crippen molar-refractivity contribution in [3.05, 3.63) is 37.0 Å². The van der Waals surface area contributed by atoms with Gasteiger partial charge in [0, 0.05) is 5.41 Å². The highest BCUT2D eigenvalue weighted by molar-refractivity contribution is 6.02. The first-order chi connectivity index (χ1) is 6.56. The maximum Gasteiger partial charge on any atom is 0.165 e. The molecule has 0 unspecified atom stereocenters. The lowest BCUT2D eigenvalue weighted by Crippen LogP contribution is -2.28. The van der Waals surface area contributed by atoms with Crippen LogP contribution in [-0.2, 0) is 4.79 Å². The number of rotatable bonds is 4. The first kappa shape index (κ1) is 11.0. The second kappa shape index (κ2) is 3.95. The molecule has 0 saturated heterocycles. The van der Waals surface area contributed by atoms with Gasteiger partial charge in [-0.3, -0.25) is 4.79 Å². The maximum atomic E-state index is 12.1. The van der Waals surface area contributed by atoms with Crippen molar-refractivity contribution in [2.45, 2.75) is 26.7 Å². The van der Waals surface area contributed by atoms with Crippen LogP contribution >= 0.6 is 0 Å². The molecule has 0 aliphatic heterocycles. The highest BCUT2D eigenvalue weighted by atomic mass is 16.1. The van der Waals surface area contributed by atoms with E-state index in [1.165, 1.54) is 0 Å². The molecule has 0 saturated carbocycles. The van der Waals surface area contributed by atoms with Crippen LogP contribution < -0.4 is 0 Å². The van der Waals surface area contributed by atoms with Gasteiger partial charge in [-0.1, -0.05) is 32.1 Å². The van der Waals surface area contributed by atoms with Crippen molar-refractivity contribution >= 4 is 5.78 Å². The van der Waals surface area contributed by atoms with E-state index < -0.39 is 0 Å². The van der Waals surface area contributed by atoms with E-state index in [1.54, 1.807) is 6.08 Å². The van der Waals surface area contributed by atoms with Gasteiger partial charge in [-0.25, -0.2) is 0 Å². The van der Waals surface area contributed by atoms with Gasteiger partial charge in [-0.15, -0.1) is 13.2 Å². The van der Waals surface area contributed by atoms with Crippen LogP contribution in [0.15, 0.2) is 37.0 Å². The summed E-state index contributed by atoms with van der Waals surface area (Å²) in [6.45, 7) is 11.5. The topological polar surface area (TPSA) is 17.1 Å². The first-order valence-electron chi connectivity index (χ1n) is 5.03. The lowest BCUT2D eigenvalue weighted by atomic mass is 9.76. The van der Waals surface area contributed by atoms with E-state index in [-0.39, 0.29) is 11.2 Å². The van der Waals surface area contributed by atoms with E-state index in [0.29, 0.717) is 12.3 Å². The highest BCUT2D eigenvalue weighted by Gasteiger charge is 2.42. The predicted molar refractivity (Wildman–Crippen MR) is 60.0 cm³/mol. The first-order valence-corrected chi connectivity index (χ1v) is 5.03. The Balaban J connectivity index is 2.92. The average Bonchev–Trinajstić information content (AvgIpc) is 2.33. The van der Waals surface area contributed by atoms with Crippen molar-refractivity contribution < 1.29 is 4.79 Å². The van der Waals surface area contributed by atoms with Gasteiger partial charge in [0.15, 0.2) is 5.78 Å². The molecule has 1 nitrogen and oxygen atoms in total. The number of ketones is 1. The van der Waals surface area contributed by atoms with E-state index >= 15 is 0 Å². The second-order valence-corrected chi connectivity index (χ2v) is 4.21. The fourth-order valence-electron chi connectivity index (χ4n) is 2.03. The standard InChI is InChI=1S/C13H18O/c1-5-7-11-9-10(3)13(4,8-6-2)12(11)14/h5-6,9-10H,1-2,7-8H2,3-4H3/t10-,13-/m1/s1. The molecule has 0 heterocycles. The smallest absolute Gasteiger partial charge is 0.165 e. The van der Waals surface area contributed by atoms with Crippen LogP contribution in [0.4, 0.5) is 0 Å². The van der Waals surface area contributed by atoms with Crippen molar-refractivity contribution in [1.29, 1.82) is 0 Å². The molecule has 1 aliphatic rings. The Morgan fingerprint density at radius 1 is 1.50 bits per heavy atom. The predicted octanol–water partition coefficient (Wildman–Crippen LogP) is 3.29. The molecular weight excluding hydrogens is 172 g/mol. The number of Topliss-reactive ketones (excluding diaryl/α,β-unsaturated/α-hetero) is 1. The Labute approximate surface area is 86.2 Å². The molecule has 76 valence electrons. The van der Waals surface area contributed by atoms with Crippen molar-refractivity contribution in [2.24, 2.45) is 11.3 Å². The summed E-state index contributed by atoms with van der Waals surface area (Å²) in [5, 5.41) is 0. The van der Waals surface area contributed by atoms with Gasteiger partial charge in [0.05, 0.1) is 0 Å². The molecule has 0 radical (unpaired) electrons. The molecule has 0 fully saturated rings. The largest absolute Gasteiger partial charge is 0.294 e. The summed E-state index contributed by atoms with van der Waals surface area (Å²) in [6, 6.07) is 0. The molecule has 0 bridgehead atoms. The zero-order valence-corrected chi connectivity index (χ0v) is 9.05. The van der Waals surface area contributed by atoms with Crippen LogP contribution in [0.25, 0.3) is 0 Å². The van der Waals surface area contributed by atoms with Crippen molar-refractivity contribution in [1.82, 2.24) is 0 Å². The number of carbonyl (C=O) groups is 1. The van der Waals surface area contributed by atoms with Crippen LogP contribution in [0.5, 0.6) is 0 Å². The molecule has 0 N–H and O–H groups in total. The zero-order chi connectivity index (χ0) is 10.8. The Hall–Kier alpha value is -1.11. The molecule has 1 rings (SSSR count). The van der Waals surface area contributed by atoms with E-state index in [9.17, 15) is 4.79 Å². The van der Waals surface area contributed by atoms with Gasteiger partial charge < -0.3 is 0 Å². The van der Waals surface area contributed by atoms with Crippen molar-refractivity contribution in [3.63, 3.8) is 0 Å². The zero-order valence-electron chi connectivity index (χ0n) is 9.05. The van der Waals surface area contributed by atoms with E-state index in [1.807, 2.05) is 13.0 Å². The second-order valence-electron chi connectivity index (χ2n) is 4.21. The lowest BCUT2D eigenvalue weighted by molar-refractivity contribution is -0.124. The van der Waals surface area contributed by atoms with Crippen LogP contribution in [0.2, 0.25) is 0 Å². The minimum atomic E-state index is -0.264. The van der Waals surface area contributed by atoms with Gasteiger partial charge >= 0.3 is 0 Å². The molecule has 0 aromatic carbocycles. The Kier molecular flexibility index (Phi) is 3.10. The SMILES string of the molecule is C=CCC1=C[C@@H](C)[C@@](C)(CC=C)C1=O. The van der Waals surface area contributed by atoms with E-state index in [0.717, 1.165) is 12.0 Å². The summed E-state index contributed by atoms with van der Waals surface area (Å²) >= 11 is 0. The van der Waals surface area contributed by atoms with Crippen LogP contribution in [0.3, 0.4) is 0 Å². The molecule has 2 atom stereocenters. The third-order valence-corrected chi connectivity index (χ3v) is 3.20. The summed E-state index contributed by atoms with van der Waals surface area (Å²) in [7, 11) is 0. The van der Waals surface area contributed by atoms with Crippen LogP contribution in [0, 0.1) is 11.3 Å². The minimum absolute atomic E-state index is 0.264. The summed E-state index contributed by atoms with van der Waals surface area (Å²) in [5.41, 5.74) is 0.650. The summed E-state index contributed by atoms with van der Waals surface area (Å²) < 4.78 is 0. The third kappa shape index (κ3) is 1.59. The molecule has 1 aliphatic carbocycles. The summed E-state index contributed by atoms with van der Waals surface area (Å²) in [5.74, 6) is 0.577. The van der Waals surface area contributed by atoms with Crippen LogP contribution in [0.1, 0.15) is 26.7 Å². The fraction of sp³-hybridized carbons (Fsp3) is 0.462. The van der Waals surface area contributed by atoms with E-state index in [2.05, 4.69) is 26.2 Å². The monoisotopic (exact) mass is 190 g/mol. The fourth-order valence-corrected chi connectivity index (χ4v) is 2.03. The Bertz CT molecular complexity index is 298. The Morgan fingerprint density at radius 2 is 2.14 bits per heavy atom. The molecule has 0 amide bonds. The van der Waals surface area contributed by atoms with Gasteiger partial charge in [0.1, 0.15) is 0 Å². The third-order valence-electron chi connectivity index (χ3n) is 3.20. The van der Waals surface area contributed by atoms with Gasteiger partial charge in [0.2, 0.25) is 0 Å². The van der Waals surface area contributed by atoms with Crippen molar-refractivity contribution in [2.75, 3.05) is 0 Å². The lowest BCUT2D eigenvalue weighted by Gasteiger charge is -2.26. The van der Waals surface area contributed by atoms with Crippen LogP contribution in [-0.4, -0.2) is 5.78 Å². The normalized spacial score (nSPS) is 31.4. The quantitative estimate of drug-likeness (QED) is 0.622. The number of allylic oxidation sites excluding steroid dienone is 4. The molecule has 1 heteroatoms. The number of hydrogen-bond acceptors (Lipinski definition) is 1. The molecule has 0 aromatic heterocycles. The highest BCUT2D eigenvalue weighted by Crippen LogP contribution is 2.42. The number of carbonyl (C=O) groups excluding carboxylic acids is 1. The van der Waals surface area contributed by atoms with E-state index in [4.69, 9.17) is 0 Å². The molecule has 14 heavy (non-hydrogen) atoms. The van der Waals surface area contributed by atoms with Gasteiger partial charge in [-0.2, -0.15) is 0 Å². The molecular formula is C13H18O. The van der Waals surface area contributed by atoms with Gasteiger partial charge in [0.25, 0.3) is 0 Å². The molecule has 0 aromatic rings.